The Balaban J connectivity index is 0. The van der Waals surface area contributed by atoms with Crippen LogP contribution >= 0.6 is 0 Å². The molecule has 0 N–H and O–H groups in total. The van der Waals surface area contributed by atoms with Gasteiger partial charge in [-0.15, -0.1) is 0 Å². The van der Waals surface area contributed by atoms with Gasteiger partial charge in [0.1, 0.15) is 0 Å². The van der Waals surface area contributed by atoms with Gasteiger partial charge in [0.05, 0.1) is 0 Å². The molecule has 0 unspecified atom stereocenters. The summed E-state index contributed by atoms with van der Waals surface area (Å²) in [6.45, 7) is 6.48. The summed E-state index contributed by atoms with van der Waals surface area (Å²) in [5.41, 5.74) is 0.258. The van der Waals surface area contributed by atoms with Crippen molar-refractivity contribution in [3.8, 4) is 0 Å². The van der Waals surface area contributed by atoms with Crippen LogP contribution in [0.5, 0.6) is 0 Å². The summed E-state index contributed by atoms with van der Waals surface area (Å²) in [4.78, 5) is 0. The average molecular weight is 476 g/mol. The third kappa shape index (κ3) is 22.8. The van der Waals surface area contributed by atoms with Gasteiger partial charge in [-0.2, -0.15) is 39.8 Å². The third-order valence-electron chi connectivity index (χ3n) is 3.77. The second kappa shape index (κ2) is 19.5. The zero-order valence-corrected chi connectivity index (χ0v) is 19.0. The summed E-state index contributed by atoms with van der Waals surface area (Å²) < 4.78 is 4.25. The molecule has 0 saturated heterocycles. The minimum atomic E-state index is 0.258. The van der Waals surface area contributed by atoms with Crippen molar-refractivity contribution in [2.75, 3.05) is 14.1 Å². The van der Waals surface area contributed by atoms with Crippen molar-refractivity contribution in [3.63, 3.8) is 0 Å². The van der Waals surface area contributed by atoms with E-state index in [4.69, 9.17) is 0 Å². The van der Waals surface area contributed by atoms with Crippen LogP contribution in [-0.2, 0) is 20.9 Å². The van der Waals surface area contributed by atoms with Gasteiger partial charge in [0.15, 0.2) is 0 Å². The molecule has 3 heteroatoms. The molecule has 0 aliphatic heterocycles. The standard InChI is InChI=1S/2C6H11.C5H11N.C2H6N.Ta/c2*1-2-4-6-5-3-1;1-4-5(2,3)6;1-3-2;/h2*1H,2-6H2;4H2,1-3H3;1-2H3;/q2*-1;;-1;. The first kappa shape index (κ1) is 24.7. The van der Waals surface area contributed by atoms with Gasteiger partial charge < -0.3 is 18.2 Å². The molecule has 133 valence electrons. The first-order valence-corrected chi connectivity index (χ1v) is 10.4. The maximum atomic E-state index is 4.25. The zero-order valence-electron chi connectivity index (χ0n) is 15.8. The molecule has 0 radical (unpaired) electrons. The van der Waals surface area contributed by atoms with Gasteiger partial charge >= 0.3 is 57.0 Å². The molecule has 22 heavy (non-hydrogen) atoms. The number of rotatable bonds is 2. The van der Waals surface area contributed by atoms with Crippen LogP contribution in [0.4, 0.5) is 0 Å². The number of nitrogens with zero attached hydrogens (tertiary/aromatic N) is 2. The van der Waals surface area contributed by atoms with Crippen LogP contribution in [0, 0.1) is 12.8 Å². The minimum Gasteiger partial charge on any atom is -0.668 e. The molecule has 2 rings (SSSR count). The summed E-state index contributed by atoms with van der Waals surface area (Å²) in [5, 5.41) is 3.50. The van der Waals surface area contributed by atoms with E-state index in [0.29, 0.717) is 0 Å². The van der Waals surface area contributed by atoms with E-state index in [1.807, 2.05) is 0 Å². The van der Waals surface area contributed by atoms with Crippen molar-refractivity contribution in [3.05, 3.63) is 18.2 Å². The van der Waals surface area contributed by atoms with Crippen molar-refractivity contribution >= 4 is 0 Å². The topological polar surface area (TPSA) is 26.5 Å². The molecule has 0 atom stereocenters. The molecule has 2 saturated carbocycles. The van der Waals surface area contributed by atoms with Gasteiger partial charge in [-0.05, 0) is 0 Å². The number of hydrogen-bond donors (Lipinski definition) is 0. The molecule has 0 aromatic carbocycles. The smallest absolute Gasteiger partial charge is 0.0582 e. The van der Waals surface area contributed by atoms with Crippen molar-refractivity contribution < 1.29 is 20.9 Å². The predicted molar refractivity (Wildman–Crippen MR) is 96.8 cm³/mol. The molecule has 2 aliphatic carbocycles. The molecule has 0 aromatic heterocycles. The quantitative estimate of drug-likeness (QED) is 0.391. The Bertz CT molecular complexity index is 174. The molecule has 2 nitrogen and oxygen atoms in total. The summed E-state index contributed by atoms with van der Waals surface area (Å²) >= 11 is 1.16. The van der Waals surface area contributed by atoms with Crippen molar-refractivity contribution in [1.82, 2.24) is 0 Å². The van der Waals surface area contributed by atoms with E-state index in [0.717, 1.165) is 27.3 Å². The average Bonchev–Trinajstić information content (AvgIpc) is 2.60. The predicted octanol–water partition coefficient (Wildman–Crippen LogP) is 6.83. The molecular weight excluding hydrogens is 437 g/mol. The fourth-order valence-corrected chi connectivity index (χ4v) is 2.38. The Labute approximate surface area is 153 Å². The second-order valence-corrected chi connectivity index (χ2v) is 7.29. The molecule has 0 heterocycles. The molecule has 2 fully saturated rings. The maximum Gasteiger partial charge on any atom is -0.0582 e. The molecule has 0 aromatic rings. The molecule has 0 amide bonds. The van der Waals surface area contributed by atoms with Crippen molar-refractivity contribution in [1.29, 1.82) is 0 Å². The van der Waals surface area contributed by atoms with E-state index in [1.54, 1.807) is 14.1 Å². The van der Waals surface area contributed by atoms with Crippen LogP contribution in [0.3, 0.4) is 0 Å². The van der Waals surface area contributed by atoms with Crippen LogP contribution in [0.2, 0.25) is 0 Å². The minimum absolute atomic E-state index is 0.258. The largest absolute Gasteiger partial charge is 0.668 e. The summed E-state index contributed by atoms with van der Waals surface area (Å²) in [6.07, 6.45) is 20.2. The van der Waals surface area contributed by atoms with Crippen molar-refractivity contribution in [2.45, 2.75) is 96.9 Å². The molecule has 0 spiro atoms. The van der Waals surface area contributed by atoms with E-state index in [-0.39, 0.29) is 5.54 Å². The monoisotopic (exact) mass is 476 g/mol. The van der Waals surface area contributed by atoms with Gasteiger partial charge in [-0.25, -0.2) is 0 Å². The zero-order chi connectivity index (χ0) is 17.1. The summed E-state index contributed by atoms with van der Waals surface area (Å²) in [5.74, 6) is 0. The molecular formula is C19H39N2Ta-3. The number of hydrogen-bond acceptors (Lipinski definition) is 1. The van der Waals surface area contributed by atoms with E-state index in [1.165, 1.54) is 64.2 Å². The van der Waals surface area contributed by atoms with Crippen LogP contribution in [0.1, 0.15) is 91.4 Å². The normalized spacial score (nSPS) is 17.5. The maximum absolute atomic E-state index is 4.25. The van der Waals surface area contributed by atoms with E-state index >= 15 is 0 Å². The Morgan fingerprint density at radius 1 is 0.864 bits per heavy atom. The van der Waals surface area contributed by atoms with E-state index < -0.39 is 0 Å². The molecule has 0 bridgehead atoms. The van der Waals surface area contributed by atoms with Gasteiger partial charge in [0.2, 0.25) is 0 Å². The van der Waals surface area contributed by atoms with Gasteiger partial charge in [-0.3, -0.25) is 0 Å². The summed E-state index contributed by atoms with van der Waals surface area (Å²) in [6, 6.07) is 0. The van der Waals surface area contributed by atoms with E-state index in [9.17, 15) is 0 Å². The second-order valence-electron chi connectivity index (χ2n) is 6.57. The Morgan fingerprint density at radius 2 is 1.18 bits per heavy atom. The Hall–Kier alpha value is 0.500. The van der Waals surface area contributed by atoms with Crippen LogP contribution in [0.25, 0.3) is 5.32 Å². The van der Waals surface area contributed by atoms with Gasteiger partial charge in [-0.1, -0.05) is 38.5 Å². The first-order valence-electron chi connectivity index (χ1n) is 9.01. The molecule has 2 aliphatic rings. The first-order chi connectivity index (χ1) is 10.5. The fourth-order valence-electron chi connectivity index (χ4n) is 1.87. The Kier molecular flexibility index (Phi) is 22.0. The SMILES string of the molecule is CCC(C)(C)[N]=[Ta].C[N-]C.[CH-]1CCCCC1.[CH-]1CCCCC1. The van der Waals surface area contributed by atoms with Crippen molar-refractivity contribution in [2.24, 2.45) is 3.34 Å². The van der Waals surface area contributed by atoms with Gasteiger partial charge in [0.25, 0.3) is 0 Å². The van der Waals surface area contributed by atoms with Crippen LogP contribution in [0.15, 0.2) is 3.34 Å². The van der Waals surface area contributed by atoms with Crippen LogP contribution < -0.4 is 0 Å². The van der Waals surface area contributed by atoms with E-state index in [2.05, 4.69) is 42.3 Å². The fraction of sp³-hybridized carbons (Fsp3) is 0.895. The third-order valence-corrected chi connectivity index (χ3v) is 5.71. The summed E-state index contributed by atoms with van der Waals surface area (Å²) in [7, 11) is 3.50. The van der Waals surface area contributed by atoms with Gasteiger partial charge in [0, 0.05) is 0 Å². The Morgan fingerprint density at radius 3 is 1.23 bits per heavy atom. The van der Waals surface area contributed by atoms with Crippen LogP contribution in [-0.4, -0.2) is 19.6 Å².